The number of carbonyl (C=O) groups is 2. The van der Waals surface area contributed by atoms with E-state index in [9.17, 15) is 14.7 Å². The second kappa shape index (κ2) is 8.84. The minimum Gasteiger partial charge on any atom is -0.497 e. The molecule has 2 aromatic carbocycles. The summed E-state index contributed by atoms with van der Waals surface area (Å²) in [7, 11) is 2.82. The molecule has 0 fully saturated rings. The molecule has 2 N–H and O–H groups in total. The number of amides is 1. The van der Waals surface area contributed by atoms with E-state index in [1.54, 1.807) is 61.7 Å². The van der Waals surface area contributed by atoms with Crippen LogP contribution in [-0.2, 0) is 20.7 Å². The molecule has 0 saturated heterocycles. The highest BCUT2D eigenvalue weighted by atomic mass is 16.5. The third-order valence-corrected chi connectivity index (χ3v) is 3.76. The fourth-order valence-corrected chi connectivity index (χ4v) is 2.37. The van der Waals surface area contributed by atoms with Gasteiger partial charge in [0.15, 0.2) is 6.10 Å². The maximum absolute atomic E-state index is 12.3. The van der Waals surface area contributed by atoms with E-state index in [2.05, 4.69) is 5.32 Å². The third kappa shape index (κ3) is 5.06. The lowest BCUT2D eigenvalue weighted by molar-refractivity contribution is -0.146. The van der Waals surface area contributed by atoms with Crippen LogP contribution in [0.1, 0.15) is 17.2 Å². The summed E-state index contributed by atoms with van der Waals surface area (Å²) in [6, 6.07) is 14.8. The number of carbonyl (C=O) groups excluding carboxylic acids is 2. The largest absolute Gasteiger partial charge is 0.497 e. The molecule has 6 heteroatoms. The number of hydrogen-bond donors (Lipinski definition) is 2. The van der Waals surface area contributed by atoms with Crippen LogP contribution in [0, 0.1) is 0 Å². The molecule has 2 atom stereocenters. The Balaban J connectivity index is 2.08. The first-order chi connectivity index (χ1) is 12.0. The van der Waals surface area contributed by atoms with Gasteiger partial charge in [-0.1, -0.05) is 42.5 Å². The third-order valence-electron chi connectivity index (χ3n) is 3.76. The Morgan fingerprint density at radius 3 is 2.24 bits per heavy atom. The standard InChI is InChI=1S/C19H21NO5/c1-24-15-10-8-13(9-11-15)12-16(19(23)25-2)20-18(22)17(21)14-6-4-3-5-7-14/h3-11,16-17,21H,12H2,1-2H3,(H,20,22)/t16-,17+/m1/s1. The fourth-order valence-electron chi connectivity index (χ4n) is 2.37. The molecule has 1 amide bonds. The maximum atomic E-state index is 12.3. The Hall–Kier alpha value is -2.86. The van der Waals surface area contributed by atoms with Gasteiger partial charge in [0, 0.05) is 6.42 Å². The maximum Gasteiger partial charge on any atom is 0.328 e. The molecule has 0 aliphatic heterocycles. The van der Waals surface area contributed by atoms with Crippen LogP contribution in [-0.4, -0.2) is 37.2 Å². The molecule has 0 unspecified atom stereocenters. The van der Waals surface area contributed by atoms with Crippen molar-refractivity contribution in [3.05, 3.63) is 65.7 Å². The SMILES string of the molecule is COC(=O)[C@@H](Cc1ccc(OC)cc1)NC(=O)[C@@H](O)c1ccccc1. The molecule has 0 bridgehead atoms. The van der Waals surface area contributed by atoms with Gasteiger partial charge in [-0.15, -0.1) is 0 Å². The van der Waals surface area contributed by atoms with Crippen LogP contribution < -0.4 is 10.1 Å². The summed E-state index contributed by atoms with van der Waals surface area (Å²) in [5.41, 5.74) is 1.28. The van der Waals surface area contributed by atoms with Gasteiger partial charge < -0.3 is 19.9 Å². The van der Waals surface area contributed by atoms with E-state index in [-0.39, 0.29) is 6.42 Å². The Bertz CT molecular complexity index is 700. The van der Waals surface area contributed by atoms with Crippen molar-refractivity contribution >= 4 is 11.9 Å². The molecule has 0 saturated carbocycles. The lowest BCUT2D eigenvalue weighted by atomic mass is 10.0. The van der Waals surface area contributed by atoms with Gasteiger partial charge in [-0.2, -0.15) is 0 Å². The van der Waals surface area contributed by atoms with E-state index in [1.807, 2.05) is 0 Å². The van der Waals surface area contributed by atoms with E-state index >= 15 is 0 Å². The molecule has 2 rings (SSSR count). The molecule has 0 radical (unpaired) electrons. The van der Waals surface area contributed by atoms with Gasteiger partial charge in [0.2, 0.25) is 0 Å². The average molecular weight is 343 g/mol. The van der Waals surface area contributed by atoms with Crippen molar-refractivity contribution in [2.45, 2.75) is 18.6 Å². The number of benzene rings is 2. The summed E-state index contributed by atoms with van der Waals surface area (Å²) in [5, 5.41) is 12.7. The zero-order valence-corrected chi connectivity index (χ0v) is 14.1. The molecule has 132 valence electrons. The zero-order chi connectivity index (χ0) is 18.2. The van der Waals surface area contributed by atoms with Gasteiger partial charge in [0.1, 0.15) is 11.8 Å². The smallest absolute Gasteiger partial charge is 0.328 e. The second-order valence-electron chi connectivity index (χ2n) is 5.45. The monoisotopic (exact) mass is 343 g/mol. The number of aliphatic hydroxyl groups is 1. The highest BCUT2D eigenvalue weighted by Crippen LogP contribution is 2.15. The second-order valence-corrected chi connectivity index (χ2v) is 5.45. The van der Waals surface area contributed by atoms with Gasteiger partial charge in [-0.25, -0.2) is 4.79 Å². The Morgan fingerprint density at radius 2 is 1.68 bits per heavy atom. The Labute approximate surface area is 146 Å². The lowest BCUT2D eigenvalue weighted by Gasteiger charge is -2.19. The van der Waals surface area contributed by atoms with Gasteiger partial charge in [-0.05, 0) is 23.3 Å². The van der Waals surface area contributed by atoms with Gasteiger partial charge in [0.05, 0.1) is 14.2 Å². The normalized spacial score (nSPS) is 12.8. The Kier molecular flexibility index (Phi) is 6.54. The van der Waals surface area contributed by atoms with Crippen LogP contribution in [0.5, 0.6) is 5.75 Å². The highest BCUT2D eigenvalue weighted by Gasteiger charge is 2.26. The van der Waals surface area contributed by atoms with Crippen molar-refractivity contribution in [2.24, 2.45) is 0 Å². The first kappa shape index (κ1) is 18.5. The van der Waals surface area contributed by atoms with Crippen molar-refractivity contribution in [1.29, 1.82) is 0 Å². The minimum atomic E-state index is -1.36. The summed E-state index contributed by atoms with van der Waals surface area (Å²) < 4.78 is 9.85. The summed E-state index contributed by atoms with van der Waals surface area (Å²) in [4.78, 5) is 24.3. The molecule has 0 heterocycles. The average Bonchev–Trinajstić information content (AvgIpc) is 2.67. The molecule has 6 nitrogen and oxygen atoms in total. The van der Waals surface area contributed by atoms with Gasteiger partial charge in [-0.3, -0.25) is 4.79 Å². The molecule has 0 aliphatic carbocycles. The first-order valence-electron chi connectivity index (χ1n) is 7.79. The van der Waals surface area contributed by atoms with Crippen LogP contribution in [0.25, 0.3) is 0 Å². The van der Waals surface area contributed by atoms with Crippen LogP contribution in [0.3, 0.4) is 0 Å². The van der Waals surface area contributed by atoms with Crippen molar-refractivity contribution in [3.8, 4) is 5.75 Å². The predicted molar refractivity (Wildman–Crippen MR) is 92.0 cm³/mol. The fraction of sp³-hybridized carbons (Fsp3) is 0.263. The van der Waals surface area contributed by atoms with E-state index < -0.39 is 24.0 Å². The molecule has 0 aromatic heterocycles. The van der Waals surface area contributed by atoms with Gasteiger partial charge in [0.25, 0.3) is 5.91 Å². The number of hydrogen-bond acceptors (Lipinski definition) is 5. The molecule has 2 aromatic rings. The lowest BCUT2D eigenvalue weighted by Crippen LogP contribution is -2.45. The number of rotatable bonds is 7. The van der Waals surface area contributed by atoms with Gasteiger partial charge >= 0.3 is 5.97 Å². The molecule has 25 heavy (non-hydrogen) atoms. The summed E-state index contributed by atoms with van der Waals surface area (Å²) in [6.45, 7) is 0. The van der Waals surface area contributed by atoms with Crippen LogP contribution in [0.2, 0.25) is 0 Å². The minimum absolute atomic E-state index is 0.240. The number of esters is 1. The topological polar surface area (TPSA) is 84.9 Å². The molecular formula is C19H21NO5. The van der Waals surface area contributed by atoms with E-state index in [1.165, 1.54) is 7.11 Å². The van der Waals surface area contributed by atoms with Crippen LogP contribution in [0.4, 0.5) is 0 Å². The van der Waals surface area contributed by atoms with Crippen molar-refractivity contribution in [1.82, 2.24) is 5.32 Å². The number of ether oxygens (including phenoxy) is 2. The van der Waals surface area contributed by atoms with Crippen molar-refractivity contribution in [2.75, 3.05) is 14.2 Å². The van der Waals surface area contributed by atoms with E-state index in [0.29, 0.717) is 11.3 Å². The quantitative estimate of drug-likeness (QED) is 0.747. The summed E-state index contributed by atoms with van der Waals surface area (Å²) >= 11 is 0. The molecular weight excluding hydrogens is 322 g/mol. The van der Waals surface area contributed by atoms with Crippen LogP contribution >= 0.6 is 0 Å². The Morgan fingerprint density at radius 1 is 1.04 bits per heavy atom. The zero-order valence-electron chi connectivity index (χ0n) is 14.1. The number of methoxy groups -OCH3 is 2. The molecule has 0 spiro atoms. The number of nitrogens with one attached hydrogen (secondary N) is 1. The van der Waals surface area contributed by atoms with Crippen molar-refractivity contribution < 1.29 is 24.2 Å². The first-order valence-corrected chi connectivity index (χ1v) is 7.79. The molecule has 0 aliphatic rings. The van der Waals surface area contributed by atoms with E-state index in [4.69, 9.17) is 9.47 Å². The van der Waals surface area contributed by atoms with Crippen molar-refractivity contribution in [3.63, 3.8) is 0 Å². The van der Waals surface area contributed by atoms with E-state index in [0.717, 1.165) is 5.56 Å². The highest BCUT2D eigenvalue weighted by molar-refractivity contribution is 5.87. The predicted octanol–water partition coefficient (Wildman–Crippen LogP) is 1.63. The van der Waals surface area contributed by atoms with Crippen LogP contribution in [0.15, 0.2) is 54.6 Å². The summed E-state index contributed by atoms with van der Waals surface area (Å²) in [6.07, 6.45) is -1.12. The summed E-state index contributed by atoms with van der Waals surface area (Å²) in [5.74, 6) is -0.540. The number of aliphatic hydroxyl groups excluding tert-OH is 1.